The SMILES string of the molecule is COCC(=O)Nc1nc(-c2cccc(C#N)c2)cc(-c2cn(Cc3cccc(N4CCC(C(=O)O)CC4)n3)nn2)n1. The zero-order chi connectivity index (χ0) is 28.8. The van der Waals surface area contributed by atoms with Gasteiger partial charge >= 0.3 is 5.97 Å². The van der Waals surface area contributed by atoms with Crippen LogP contribution in [-0.4, -0.2) is 73.7 Å². The summed E-state index contributed by atoms with van der Waals surface area (Å²) in [4.78, 5) is 39.2. The molecule has 1 fully saturated rings. The number of carboxylic acid groups (broad SMARTS) is 1. The number of carboxylic acids is 1. The molecule has 3 aromatic heterocycles. The Morgan fingerprint density at radius 2 is 1.85 bits per heavy atom. The minimum atomic E-state index is -0.746. The lowest BCUT2D eigenvalue weighted by Crippen LogP contribution is -2.36. The molecule has 1 amide bonds. The van der Waals surface area contributed by atoms with Crippen LogP contribution in [0.1, 0.15) is 24.1 Å². The van der Waals surface area contributed by atoms with Gasteiger partial charge in [0.1, 0.15) is 18.1 Å². The minimum absolute atomic E-state index is 0.0671. The van der Waals surface area contributed by atoms with Crippen molar-refractivity contribution in [1.82, 2.24) is 29.9 Å². The monoisotopic (exact) mass is 553 g/mol. The predicted molar refractivity (Wildman–Crippen MR) is 148 cm³/mol. The molecule has 1 aliphatic heterocycles. The second-order valence-electron chi connectivity index (χ2n) is 9.52. The maximum absolute atomic E-state index is 12.2. The van der Waals surface area contributed by atoms with Crippen LogP contribution in [0.3, 0.4) is 0 Å². The third-order valence-electron chi connectivity index (χ3n) is 6.63. The Labute approximate surface area is 235 Å². The predicted octanol–water partition coefficient (Wildman–Crippen LogP) is 2.60. The maximum Gasteiger partial charge on any atom is 0.306 e. The standard InChI is InChI=1S/C28H27N9O4/c1-41-17-26(38)33-28-31-22(20-5-2-4-18(12-20)14-29)13-23(32-28)24-16-37(35-34-24)15-21-6-3-7-25(30-21)36-10-8-19(9-11-36)27(39)40/h2-7,12-13,16,19H,8-11,15,17H2,1H3,(H,39,40)(H,31,32,33,38). The van der Waals surface area contributed by atoms with E-state index in [9.17, 15) is 20.0 Å². The number of aliphatic carboxylic acids is 1. The molecule has 13 nitrogen and oxygen atoms in total. The number of piperidine rings is 1. The molecule has 1 aromatic carbocycles. The Morgan fingerprint density at radius 1 is 1.07 bits per heavy atom. The number of nitriles is 1. The molecule has 1 saturated heterocycles. The summed E-state index contributed by atoms with van der Waals surface area (Å²) in [5.41, 5.74) is 3.30. The van der Waals surface area contributed by atoms with Crippen LogP contribution in [0.4, 0.5) is 11.8 Å². The number of pyridine rings is 1. The summed E-state index contributed by atoms with van der Waals surface area (Å²) in [7, 11) is 1.42. The summed E-state index contributed by atoms with van der Waals surface area (Å²) in [5.74, 6) is -0.609. The van der Waals surface area contributed by atoms with Crippen molar-refractivity contribution in [2.75, 3.05) is 37.0 Å². The van der Waals surface area contributed by atoms with Crippen LogP contribution >= 0.6 is 0 Å². The van der Waals surface area contributed by atoms with Crippen LogP contribution in [0.5, 0.6) is 0 Å². The van der Waals surface area contributed by atoms with Crippen molar-refractivity contribution in [2.24, 2.45) is 5.92 Å². The van der Waals surface area contributed by atoms with E-state index in [0.29, 0.717) is 60.7 Å². The zero-order valence-electron chi connectivity index (χ0n) is 22.3. The summed E-state index contributed by atoms with van der Waals surface area (Å²) >= 11 is 0. The van der Waals surface area contributed by atoms with Crippen molar-refractivity contribution in [1.29, 1.82) is 5.26 Å². The van der Waals surface area contributed by atoms with Gasteiger partial charge in [-0.05, 0) is 43.2 Å². The zero-order valence-corrected chi connectivity index (χ0v) is 22.3. The van der Waals surface area contributed by atoms with Gasteiger partial charge in [0.2, 0.25) is 5.95 Å². The van der Waals surface area contributed by atoms with Gasteiger partial charge in [0, 0.05) is 25.8 Å². The lowest BCUT2D eigenvalue weighted by molar-refractivity contribution is -0.142. The van der Waals surface area contributed by atoms with Gasteiger partial charge in [-0.15, -0.1) is 5.10 Å². The van der Waals surface area contributed by atoms with E-state index in [1.54, 1.807) is 35.1 Å². The van der Waals surface area contributed by atoms with E-state index in [1.807, 2.05) is 24.3 Å². The number of anilines is 2. The van der Waals surface area contributed by atoms with Crippen LogP contribution in [0.15, 0.2) is 54.7 Å². The normalized spacial score (nSPS) is 13.5. The number of rotatable bonds is 9. The molecule has 0 radical (unpaired) electrons. The van der Waals surface area contributed by atoms with Crippen LogP contribution in [0.2, 0.25) is 0 Å². The molecule has 4 aromatic rings. The summed E-state index contributed by atoms with van der Waals surface area (Å²) in [6, 6.07) is 16.5. The number of methoxy groups -OCH3 is 1. The molecule has 1 aliphatic rings. The van der Waals surface area contributed by atoms with Crippen molar-refractivity contribution in [3.63, 3.8) is 0 Å². The van der Waals surface area contributed by atoms with Gasteiger partial charge in [0.05, 0.1) is 47.4 Å². The van der Waals surface area contributed by atoms with E-state index in [0.717, 1.165) is 11.5 Å². The molecule has 0 bridgehead atoms. The van der Waals surface area contributed by atoms with E-state index in [2.05, 4.69) is 36.6 Å². The van der Waals surface area contributed by atoms with Gasteiger partial charge in [-0.2, -0.15) is 5.26 Å². The number of ether oxygens (including phenoxy) is 1. The van der Waals surface area contributed by atoms with Crippen molar-refractivity contribution >= 4 is 23.6 Å². The number of nitrogens with one attached hydrogen (secondary N) is 1. The van der Waals surface area contributed by atoms with Gasteiger partial charge in [-0.25, -0.2) is 19.6 Å². The Kier molecular flexibility index (Phi) is 8.21. The van der Waals surface area contributed by atoms with Crippen LogP contribution < -0.4 is 10.2 Å². The van der Waals surface area contributed by atoms with Crippen molar-refractivity contribution in [3.05, 3.63) is 66.0 Å². The van der Waals surface area contributed by atoms with Crippen molar-refractivity contribution in [3.8, 4) is 28.7 Å². The third-order valence-corrected chi connectivity index (χ3v) is 6.63. The summed E-state index contributed by atoms with van der Waals surface area (Å²) in [5, 5.41) is 29.7. The highest BCUT2D eigenvalue weighted by molar-refractivity contribution is 5.90. The van der Waals surface area contributed by atoms with Gasteiger partial charge in [0.15, 0.2) is 0 Å². The largest absolute Gasteiger partial charge is 0.481 e. The maximum atomic E-state index is 12.2. The number of amides is 1. The van der Waals surface area contributed by atoms with E-state index in [1.165, 1.54) is 7.11 Å². The fourth-order valence-electron chi connectivity index (χ4n) is 4.57. The first-order valence-electron chi connectivity index (χ1n) is 12.9. The molecule has 5 rings (SSSR count). The number of hydrogen-bond donors (Lipinski definition) is 2. The van der Waals surface area contributed by atoms with Crippen molar-refractivity contribution in [2.45, 2.75) is 19.4 Å². The van der Waals surface area contributed by atoms with E-state index >= 15 is 0 Å². The first kappa shape index (κ1) is 27.4. The second kappa shape index (κ2) is 12.3. The van der Waals surface area contributed by atoms with E-state index in [-0.39, 0.29) is 18.5 Å². The fraction of sp³-hybridized carbons (Fsp3) is 0.286. The van der Waals surface area contributed by atoms with Crippen LogP contribution in [0, 0.1) is 17.2 Å². The van der Waals surface area contributed by atoms with E-state index < -0.39 is 11.9 Å². The Morgan fingerprint density at radius 3 is 2.61 bits per heavy atom. The molecular formula is C28H27N9O4. The van der Waals surface area contributed by atoms with Crippen LogP contribution in [-0.2, 0) is 20.9 Å². The molecule has 13 heteroatoms. The molecule has 0 saturated carbocycles. The van der Waals surface area contributed by atoms with Gasteiger partial charge in [0.25, 0.3) is 5.91 Å². The van der Waals surface area contributed by atoms with Gasteiger partial charge < -0.3 is 14.7 Å². The molecule has 0 atom stereocenters. The summed E-state index contributed by atoms with van der Waals surface area (Å²) < 4.78 is 6.53. The van der Waals surface area contributed by atoms with Crippen LogP contribution in [0.25, 0.3) is 22.6 Å². The number of aromatic nitrogens is 6. The Bertz CT molecular complexity index is 1610. The third kappa shape index (κ3) is 6.68. The Balaban J connectivity index is 1.38. The molecule has 0 aliphatic carbocycles. The quantitative estimate of drug-likeness (QED) is 0.312. The molecular weight excluding hydrogens is 526 g/mol. The molecule has 0 unspecified atom stereocenters. The topological polar surface area (TPSA) is 172 Å². The number of nitrogens with zero attached hydrogens (tertiary/aromatic N) is 8. The second-order valence-corrected chi connectivity index (χ2v) is 9.52. The summed E-state index contributed by atoms with van der Waals surface area (Å²) in [6.45, 7) is 1.47. The number of carbonyl (C=O) groups excluding carboxylic acids is 1. The first-order chi connectivity index (χ1) is 19.9. The lowest BCUT2D eigenvalue weighted by Gasteiger charge is -2.31. The summed E-state index contributed by atoms with van der Waals surface area (Å²) in [6.07, 6.45) is 2.90. The fourth-order valence-corrected chi connectivity index (χ4v) is 4.57. The average Bonchev–Trinajstić information content (AvgIpc) is 3.46. The Hall–Kier alpha value is -5.22. The molecule has 0 spiro atoms. The van der Waals surface area contributed by atoms with Gasteiger partial charge in [-0.3, -0.25) is 14.9 Å². The van der Waals surface area contributed by atoms with E-state index in [4.69, 9.17) is 9.72 Å². The highest BCUT2D eigenvalue weighted by Gasteiger charge is 2.25. The molecule has 2 N–H and O–H groups in total. The highest BCUT2D eigenvalue weighted by Crippen LogP contribution is 2.26. The first-order valence-corrected chi connectivity index (χ1v) is 12.9. The highest BCUT2D eigenvalue weighted by atomic mass is 16.5. The number of benzene rings is 1. The lowest BCUT2D eigenvalue weighted by atomic mass is 9.97. The molecule has 4 heterocycles. The molecule has 41 heavy (non-hydrogen) atoms. The smallest absolute Gasteiger partial charge is 0.306 e. The average molecular weight is 554 g/mol. The van der Waals surface area contributed by atoms with Crippen molar-refractivity contribution < 1.29 is 19.4 Å². The number of carbonyl (C=O) groups is 2. The minimum Gasteiger partial charge on any atom is -0.481 e. The van der Waals surface area contributed by atoms with Gasteiger partial charge in [-0.1, -0.05) is 23.4 Å². The molecule has 208 valence electrons. The number of hydrogen-bond acceptors (Lipinski definition) is 10.